The number of fused-ring (bicyclic) bond motifs is 1. The van der Waals surface area contributed by atoms with Crippen molar-refractivity contribution in [3.63, 3.8) is 0 Å². The Kier molecular flexibility index (Phi) is 4.40. The van der Waals surface area contributed by atoms with Crippen molar-refractivity contribution in [2.24, 2.45) is 0 Å². The van der Waals surface area contributed by atoms with Gasteiger partial charge in [0.25, 0.3) is 0 Å². The van der Waals surface area contributed by atoms with E-state index in [0.29, 0.717) is 26.2 Å². The van der Waals surface area contributed by atoms with E-state index in [1.165, 1.54) is 0 Å². The summed E-state index contributed by atoms with van der Waals surface area (Å²) in [5.41, 5.74) is 3.04. The van der Waals surface area contributed by atoms with Crippen LogP contribution in [0.3, 0.4) is 0 Å². The summed E-state index contributed by atoms with van der Waals surface area (Å²) >= 11 is 0. The highest BCUT2D eigenvalue weighted by Gasteiger charge is 2.23. The van der Waals surface area contributed by atoms with Crippen LogP contribution in [0, 0.1) is 0 Å². The number of carbonyl (C=O) groups excluding carboxylic acids is 2. The largest absolute Gasteiger partial charge is 0.378 e. The molecule has 0 aromatic heterocycles. The molecule has 0 saturated carbocycles. The number of ether oxygens (including phenoxy) is 1. The van der Waals surface area contributed by atoms with Gasteiger partial charge >= 0.3 is 0 Å². The predicted octanol–water partition coefficient (Wildman–Crippen LogP) is 0.737. The molecule has 2 aliphatic rings. The van der Waals surface area contributed by atoms with Crippen molar-refractivity contribution < 1.29 is 14.3 Å². The van der Waals surface area contributed by atoms with Crippen molar-refractivity contribution in [2.75, 3.05) is 25.1 Å². The van der Waals surface area contributed by atoms with E-state index < -0.39 is 0 Å². The molecule has 22 heavy (non-hydrogen) atoms. The third-order valence-electron chi connectivity index (χ3n) is 4.12. The van der Waals surface area contributed by atoms with E-state index in [0.717, 1.165) is 23.2 Å². The Balaban J connectivity index is 1.65. The van der Waals surface area contributed by atoms with Crippen LogP contribution in [0.2, 0.25) is 0 Å². The minimum Gasteiger partial charge on any atom is -0.378 e. The van der Waals surface area contributed by atoms with E-state index in [1.807, 2.05) is 19.1 Å². The fraction of sp³-hybridized carbons (Fsp3) is 0.500. The molecule has 1 aromatic rings. The highest BCUT2D eigenvalue weighted by atomic mass is 16.5. The minimum atomic E-state index is -0.284. The average Bonchev–Trinajstić information content (AvgIpc) is 2.55. The number of benzene rings is 1. The monoisotopic (exact) mass is 303 g/mol. The Hall–Kier alpha value is -1.92. The third-order valence-corrected chi connectivity index (χ3v) is 4.12. The lowest BCUT2D eigenvalue weighted by Crippen LogP contribution is -2.51. The Morgan fingerprint density at radius 2 is 2.27 bits per heavy atom. The van der Waals surface area contributed by atoms with E-state index in [2.05, 4.69) is 22.0 Å². The molecular formula is C16H21N3O3. The van der Waals surface area contributed by atoms with Crippen molar-refractivity contribution in [3.8, 4) is 0 Å². The molecule has 0 spiro atoms. The van der Waals surface area contributed by atoms with E-state index in [1.54, 1.807) is 0 Å². The molecule has 1 saturated heterocycles. The van der Waals surface area contributed by atoms with Gasteiger partial charge in [-0.05, 0) is 30.5 Å². The normalized spacial score (nSPS) is 22.4. The van der Waals surface area contributed by atoms with Gasteiger partial charge in [0.05, 0.1) is 19.3 Å². The maximum atomic E-state index is 12.2. The van der Waals surface area contributed by atoms with Crippen LogP contribution in [0.25, 0.3) is 0 Å². The summed E-state index contributed by atoms with van der Waals surface area (Å²) in [5.74, 6) is 0.0168. The van der Waals surface area contributed by atoms with E-state index >= 15 is 0 Å². The lowest BCUT2D eigenvalue weighted by Gasteiger charge is -2.25. The quantitative estimate of drug-likeness (QED) is 0.769. The van der Waals surface area contributed by atoms with Crippen LogP contribution >= 0.6 is 0 Å². The van der Waals surface area contributed by atoms with Gasteiger partial charge in [0.1, 0.15) is 6.04 Å². The summed E-state index contributed by atoms with van der Waals surface area (Å²) in [5, 5.41) is 9.02. The van der Waals surface area contributed by atoms with Gasteiger partial charge in [-0.25, -0.2) is 0 Å². The molecule has 0 aliphatic carbocycles. The number of hydrogen-bond donors (Lipinski definition) is 3. The highest BCUT2D eigenvalue weighted by Crippen LogP contribution is 2.26. The first kappa shape index (κ1) is 15.0. The van der Waals surface area contributed by atoms with Gasteiger partial charge < -0.3 is 20.7 Å². The van der Waals surface area contributed by atoms with Gasteiger partial charge in [-0.15, -0.1) is 0 Å². The maximum Gasteiger partial charge on any atom is 0.240 e. The molecule has 3 rings (SSSR count). The molecule has 2 amide bonds. The number of anilines is 1. The minimum absolute atomic E-state index is 0.0433. The second kappa shape index (κ2) is 6.46. The van der Waals surface area contributed by atoms with Crippen LogP contribution in [-0.4, -0.2) is 37.6 Å². The SMILES string of the molecule is CC(NC(=O)C1COCCN1)c1ccc2c(c1)CCC(=O)N2. The molecular weight excluding hydrogens is 282 g/mol. The fourth-order valence-corrected chi connectivity index (χ4v) is 2.80. The van der Waals surface area contributed by atoms with Crippen molar-refractivity contribution in [1.29, 1.82) is 0 Å². The highest BCUT2D eigenvalue weighted by molar-refractivity contribution is 5.93. The Morgan fingerprint density at radius 3 is 3.05 bits per heavy atom. The fourth-order valence-electron chi connectivity index (χ4n) is 2.80. The van der Waals surface area contributed by atoms with Gasteiger partial charge in [-0.2, -0.15) is 0 Å². The Bertz CT molecular complexity index is 582. The van der Waals surface area contributed by atoms with E-state index in [-0.39, 0.29) is 23.9 Å². The molecule has 0 radical (unpaired) electrons. The number of morpholine rings is 1. The number of carbonyl (C=O) groups is 2. The number of amides is 2. The lowest BCUT2D eigenvalue weighted by molar-refractivity contribution is -0.126. The second-order valence-electron chi connectivity index (χ2n) is 5.78. The van der Waals surface area contributed by atoms with E-state index in [4.69, 9.17) is 4.74 Å². The molecule has 3 N–H and O–H groups in total. The van der Waals surface area contributed by atoms with Crippen LogP contribution in [0.4, 0.5) is 5.69 Å². The van der Waals surface area contributed by atoms with Gasteiger partial charge in [0.2, 0.25) is 11.8 Å². The molecule has 2 unspecified atom stereocenters. The molecule has 2 aliphatic heterocycles. The summed E-state index contributed by atoms with van der Waals surface area (Å²) in [6, 6.07) is 5.55. The number of nitrogens with one attached hydrogen (secondary N) is 3. The molecule has 6 heteroatoms. The Morgan fingerprint density at radius 1 is 1.41 bits per heavy atom. The number of aryl methyl sites for hydroxylation is 1. The van der Waals surface area contributed by atoms with E-state index in [9.17, 15) is 9.59 Å². The lowest BCUT2D eigenvalue weighted by atomic mass is 9.97. The van der Waals surface area contributed by atoms with Crippen LogP contribution in [-0.2, 0) is 20.7 Å². The zero-order valence-electron chi connectivity index (χ0n) is 12.6. The zero-order chi connectivity index (χ0) is 15.5. The first-order valence-electron chi connectivity index (χ1n) is 7.67. The van der Waals surface area contributed by atoms with Crippen molar-refractivity contribution in [1.82, 2.24) is 10.6 Å². The van der Waals surface area contributed by atoms with Crippen LogP contribution in [0.15, 0.2) is 18.2 Å². The summed E-state index contributed by atoms with van der Waals surface area (Å²) in [4.78, 5) is 23.6. The second-order valence-corrected chi connectivity index (χ2v) is 5.78. The number of hydrogen-bond acceptors (Lipinski definition) is 4. The zero-order valence-corrected chi connectivity index (χ0v) is 12.6. The first-order chi connectivity index (χ1) is 10.6. The Labute approximate surface area is 129 Å². The topological polar surface area (TPSA) is 79.5 Å². The third kappa shape index (κ3) is 3.28. The summed E-state index contributed by atoms with van der Waals surface area (Å²) in [7, 11) is 0. The smallest absolute Gasteiger partial charge is 0.240 e. The average molecular weight is 303 g/mol. The predicted molar refractivity (Wildman–Crippen MR) is 82.6 cm³/mol. The van der Waals surface area contributed by atoms with Gasteiger partial charge in [0.15, 0.2) is 0 Å². The van der Waals surface area contributed by atoms with Crippen LogP contribution in [0.5, 0.6) is 0 Å². The molecule has 1 fully saturated rings. The van der Waals surface area contributed by atoms with Crippen molar-refractivity contribution in [3.05, 3.63) is 29.3 Å². The molecule has 6 nitrogen and oxygen atoms in total. The standard InChI is InChI=1S/C16H21N3O3/c1-10(18-16(21)14-9-22-7-6-17-14)11-2-4-13-12(8-11)3-5-15(20)19-13/h2,4,8,10,14,17H,3,5-7,9H2,1H3,(H,18,21)(H,19,20). The van der Waals surface area contributed by atoms with Gasteiger partial charge in [-0.3, -0.25) is 9.59 Å². The van der Waals surface area contributed by atoms with Crippen molar-refractivity contribution >= 4 is 17.5 Å². The molecule has 1 aromatic carbocycles. The first-order valence-corrected chi connectivity index (χ1v) is 7.67. The summed E-state index contributed by atoms with van der Waals surface area (Å²) < 4.78 is 5.31. The molecule has 2 heterocycles. The van der Waals surface area contributed by atoms with Crippen LogP contribution in [0.1, 0.15) is 30.5 Å². The molecule has 2 atom stereocenters. The molecule has 118 valence electrons. The molecule has 0 bridgehead atoms. The van der Waals surface area contributed by atoms with Gasteiger partial charge in [0, 0.05) is 18.7 Å². The van der Waals surface area contributed by atoms with Crippen molar-refractivity contribution in [2.45, 2.75) is 31.8 Å². The number of rotatable bonds is 3. The van der Waals surface area contributed by atoms with Gasteiger partial charge in [-0.1, -0.05) is 12.1 Å². The summed E-state index contributed by atoms with van der Waals surface area (Å²) in [6.45, 7) is 3.72. The maximum absolute atomic E-state index is 12.2. The van der Waals surface area contributed by atoms with Crippen LogP contribution < -0.4 is 16.0 Å². The summed E-state index contributed by atoms with van der Waals surface area (Å²) in [6.07, 6.45) is 1.26.